The normalized spacial score (nSPS) is 39.3. The standard InChI is InChI=1S/C8H18N2/c1-8(2-3-9)4-7(5-8)6-10/h7H,2-6,9-10H2,1H3. The monoisotopic (exact) mass is 142 g/mol. The summed E-state index contributed by atoms with van der Waals surface area (Å²) in [7, 11) is 0. The van der Waals surface area contributed by atoms with Gasteiger partial charge in [0.1, 0.15) is 0 Å². The first-order valence-corrected chi connectivity index (χ1v) is 4.10. The highest BCUT2D eigenvalue weighted by Gasteiger charge is 2.38. The number of rotatable bonds is 3. The molecule has 1 fully saturated rings. The fourth-order valence-electron chi connectivity index (χ4n) is 2.05. The van der Waals surface area contributed by atoms with Crippen molar-refractivity contribution in [3.8, 4) is 0 Å². The predicted octanol–water partition coefficient (Wildman–Crippen LogP) is 0.710. The van der Waals surface area contributed by atoms with E-state index in [1.165, 1.54) is 19.3 Å². The molecular formula is C8H18N2. The molecule has 0 aromatic rings. The molecule has 1 aliphatic carbocycles. The fourth-order valence-corrected chi connectivity index (χ4v) is 2.05. The van der Waals surface area contributed by atoms with Crippen molar-refractivity contribution in [1.29, 1.82) is 0 Å². The predicted molar refractivity (Wildman–Crippen MR) is 43.6 cm³/mol. The highest BCUT2D eigenvalue weighted by molar-refractivity contribution is 4.90. The van der Waals surface area contributed by atoms with Gasteiger partial charge in [-0.25, -0.2) is 0 Å². The second-order valence-corrected chi connectivity index (χ2v) is 3.86. The first kappa shape index (κ1) is 8.02. The Hall–Kier alpha value is -0.0800. The zero-order valence-electron chi connectivity index (χ0n) is 6.77. The van der Waals surface area contributed by atoms with Gasteiger partial charge < -0.3 is 11.5 Å². The summed E-state index contributed by atoms with van der Waals surface area (Å²) >= 11 is 0. The molecule has 0 amide bonds. The van der Waals surface area contributed by atoms with Crippen molar-refractivity contribution in [3.63, 3.8) is 0 Å². The average molecular weight is 142 g/mol. The molecule has 60 valence electrons. The van der Waals surface area contributed by atoms with E-state index >= 15 is 0 Å². The molecule has 1 rings (SSSR count). The molecule has 2 nitrogen and oxygen atoms in total. The van der Waals surface area contributed by atoms with Crippen LogP contribution in [-0.4, -0.2) is 13.1 Å². The molecule has 0 aliphatic heterocycles. The van der Waals surface area contributed by atoms with Gasteiger partial charge in [-0.15, -0.1) is 0 Å². The van der Waals surface area contributed by atoms with Crippen LogP contribution in [0.2, 0.25) is 0 Å². The second-order valence-electron chi connectivity index (χ2n) is 3.86. The minimum absolute atomic E-state index is 0.540. The molecule has 0 unspecified atom stereocenters. The van der Waals surface area contributed by atoms with Crippen LogP contribution in [0.15, 0.2) is 0 Å². The van der Waals surface area contributed by atoms with Gasteiger partial charge in [-0.1, -0.05) is 6.92 Å². The molecule has 10 heavy (non-hydrogen) atoms. The molecule has 0 aromatic carbocycles. The molecule has 0 saturated heterocycles. The Morgan fingerprint density at radius 1 is 1.40 bits per heavy atom. The minimum Gasteiger partial charge on any atom is -0.330 e. The van der Waals surface area contributed by atoms with E-state index in [-0.39, 0.29) is 0 Å². The van der Waals surface area contributed by atoms with Crippen LogP contribution < -0.4 is 11.5 Å². The molecule has 0 spiro atoms. The maximum Gasteiger partial charge on any atom is -0.00485 e. The van der Waals surface area contributed by atoms with Gasteiger partial charge in [0.25, 0.3) is 0 Å². The molecule has 0 aromatic heterocycles. The summed E-state index contributed by atoms with van der Waals surface area (Å²) < 4.78 is 0. The Morgan fingerprint density at radius 3 is 2.40 bits per heavy atom. The van der Waals surface area contributed by atoms with Crippen molar-refractivity contribution >= 4 is 0 Å². The molecule has 0 radical (unpaired) electrons. The molecule has 2 heteroatoms. The molecule has 1 aliphatic rings. The van der Waals surface area contributed by atoms with Gasteiger partial charge in [0.15, 0.2) is 0 Å². The average Bonchev–Trinajstić information content (AvgIpc) is 1.83. The summed E-state index contributed by atoms with van der Waals surface area (Å²) in [5.41, 5.74) is 11.5. The molecule has 0 bridgehead atoms. The van der Waals surface area contributed by atoms with Gasteiger partial charge in [-0.3, -0.25) is 0 Å². The minimum atomic E-state index is 0.540. The van der Waals surface area contributed by atoms with E-state index in [1.807, 2.05) is 0 Å². The summed E-state index contributed by atoms with van der Waals surface area (Å²) in [6.45, 7) is 4.00. The number of nitrogens with two attached hydrogens (primary N) is 2. The van der Waals surface area contributed by atoms with Crippen molar-refractivity contribution in [3.05, 3.63) is 0 Å². The third-order valence-corrected chi connectivity index (χ3v) is 2.64. The first-order chi connectivity index (χ1) is 4.70. The number of hydrogen-bond acceptors (Lipinski definition) is 2. The van der Waals surface area contributed by atoms with Gasteiger partial charge in [0.2, 0.25) is 0 Å². The van der Waals surface area contributed by atoms with E-state index in [0.29, 0.717) is 5.41 Å². The molecule has 1 saturated carbocycles. The third-order valence-electron chi connectivity index (χ3n) is 2.64. The Kier molecular flexibility index (Phi) is 2.32. The maximum atomic E-state index is 5.52. The van der Waals surface area contributed by atoms with Crippen molar-refractivity contribution < 1.29 is 0 Å². The Balaban J connectivity index is 2.20. The first-order valence-electron chi connectivity index (χ1n) is 4.10. The molecule has 0 heterocycles. The van der Waals surface area contributed by atoms with E-state index < -0.39 is 0 Å². The van der Waals surface area contributed by atoms with Crippen molar-refractivity contribution in [2.75, 3.05) is 13.1 Å². The summed E-state index contributed by atoms with van der Waals surface area (Å²) in [6.07, 6.45) is 3.75. The van der Waals surface area contributed by atoms with Crippen LogP contribution >= 0.6 is 0 Å². The fraction of sp³-hybridized carbons (Fsp3) is 1.00. The van der Waals surface area contributed by atoms with Crippen LogP contribution in [0.4, 0.5) is 0 Å². The van der Waals surface area contributed by atoms with Crippen LogP contribution in [0.25, 0.3) is 0 Å². The Morgan fingerprint density at radius 2 is 2.00 bits per heavy atom. The van der Waals surface area contributed by atoms with Gasteiger partial charge in [0, 0.05) is 0 Å². The Bertz CT molecular complexity index is 106. The third kappa shape index (κ3) is 1.50. The highest BCUT2D eigenvalue weighted by Crippen LogP contribution is 2.46. The van der Waals surface area contributed by atoms with E-state index in [1.54, 1.807) is 0 Å². The van der Waals surface area contributed by atoms with Gasteiger partial charge >= 0.3 is 0 Å². The van der Waals surface area contributed by atoms with Gasteiger partial charge in [-0.2, -0.15) is 0 Å². The second kappa shape index (κ2) is 2.89. The molecule has 0 atom stereocenters. The summed E-state index contributed by atoms with van der Waals surface area (Å²) in [5.74, 6) is 0.788. The van der Waals surface area contributed by atoms with Crippen molar-refractivity contribution in [2.45, 2.75) is 26.2 Å². The largest absolute Gasteiger partial charge is 0.330 e. The lowest BCUT2D eigenvalue weighted by molar-refractivity contribution is 0.0737. The Labute approximate surface area is 63.0 Å². The van der Waals surface area contributed by atoms with Gasteiger partial charge in [-0.05, 0) is 43.7 Å². The van der Waals surface area contributed by atoms with E-state index in [4.69, 9.17) is 11.5 Å². The summed E-state index contributed by atoms with van der Waals surface area (Å²) in [4.78, 5) is 0. The summed E-state index contributed by atoms with van der Waals surface area (Å²) in [6, 6.07) is 0. The van der Waals surface area contributed by atoms with Crippen LogP contribution in [-0.2, 0) is 0 Å². The van der Waals surface area contributed by atoms with Crippen LogP contribution in [0.3, 0.4) is 0 Å². The SMILES string of the molecule is CC1(CCN)CC(CN)C1. The zero-order chi connectivity index (χ0) is 7.61. The molecule has 4 N–H and O–H groups in total. The smallest absolute Gasteiger partial charge is 0.00485 e. The lowest BCUT2D eigenvalue weighted by atomic mass is 9.61. The highest BCUT2D eigenvalue weighted by atomic mass is 14.6. The topological polar surface area (TPSA) is 52.0 Å². The maximum absolute atomic E-state index is 5.52. The van der Waals surface area contributed by atoms with E-state index in [9.17, 15) is 0 Å². The van der Waals surface area contributed by atoms with Crippen LogP contribution in [0.5, 0.6) is 0 Å². The van der Waals surface area contributed by atoms with Gasteiger partial charge in [0.05, 0.1) is 0 Å². The van der Waals surface area contributed by atoms with Crippen LogP contribution in [0, 0.1) is 11.3 Å². The molecular weight excluding hydrogens is 124 g/mol. The lowest BCUT2D eigenvalue weighted by Crippen LogP contribution is -2.39. The quantitative estimate of drug-likeness (QED) is 0.609. The van der Waals surface area contributed by atoms with E-state index in [0.717, 1.165) is 19.0 Å². The number of hydrogen-bond donors (Lipinski definition) is 2. The van der Waals surface area contributed by atoms with Crippen molar-refractivity contribution in [2.24, 2.45) is 22.8 Å². The van der Waals surface area contributed by atoms with Crippen molar-refractivity contribution in [1.82, 2.24) is 0 Å². The van der Waals surface area contributed by atoms with Crippen LogP contribution in [0.1, 0.15) is 26.2 Å². The lowest BCUT2D eigenvalue weighted by Gasteiger charge is -2.45. The zero-order valence-corrected chi connectivity index (χ0v) is 6.77. The van der Waals surface area contributed by atoms with E-state index in [2.05, 4.69) is 6.92 Å². The summed E-state index contributed by atoms with van der Waals surface area (Å²) in [5, 5.41) is 0.